The summed E-state index contributed by atoms with van der Waals surface area (Å²) in [5, 5.41) is 2.76. The van der Waals surface area contributed by atoms with Crippen LogP contribution in [0, 0.1) is 0 Å². The molecule has 0 radical (unpaired) electrons. The molecule has 148 valence electrons. The van der Waals surface area contributed by atoms with E-state index in [1.807, 2.05) is 0 Å². The van der Waals surface area contributed by atoms with E-state index in [4.69, 9.17) is 19.9 Å². The van der Waals surface area contributed by atoms with Gasteiger partial charge in [-0.3, -0.25) is 0 Å². The Balaban J connectivity index is 5.64. The molecule has 6 heteroatoms. The van der Waals surface area contributed by atoms with Crippen molar-refractivity contribution in [3.05, 3.63) is 0 Å². The molecule has 0 aromatic carbocycles. The Labute approximate surface area is 172 Å². The molecule has 3 nitrogen and oxygen atoms in total. The topological polar surface area (TPSA) is 30.8 Å². The third-order valence-corrected chi connectivity index (χ3v) is 38.4. The summed E-state index contributed by atoms with van der Waals surface area (Å²) < 4.78 is 23.2. The fraction of sp³-hybridized carbons (Fsp3) is 0.947. The molecule has 0 saturated heterocycles. The van der Waals surface area contributed by atoms with Crippen LogP contribution in [0.3, 0.4) is 0 Å². The van der Waals surface area contributed by atoms with Crippen molar-refractivity contribution in [3.63, 3.8) is 0 Å². The zero-order valence-corrected chi connectivity index (χ0v) is 23.9. The van der Waals surface area contributed by atoms with Crippen molar-refractivity contribution in [1.82, 2.24) is 0 Å². The summed E-state index contributed by atoms with van der Waals surface area (Å²) in [7, 11) is 0. The first-order valence-electron chi connectivity index (χ1n) is 10.5. The Bertz CT molecular complexity index is 360. The predicted octanol–water partition coefficient (Wildman–Crippen LogP) is 7.23. The SMILES string of the molecule is CCC[CH2][Sn]([CH2]CCC)([N]=C=S)[O][Sn]([CH2]CCC)([CH2]CCC)[O]CC. The molecule has 0 spiro atoms. The van der Waals surface area contributed by atoms with Crippen LogP contribution in [0.1, 0.15) is 86.0 Å². The molecular weight excluding hydrogens is 544 g/mol. The van der Waals surface area contributed by atoms with Gasteiger partial charge in [0, 0.05) is 0 Å². The molecule has 0 rings (SSSR count). The summed E-state index contributed by atoms with van der Waals surface area (Å²) in [6.07, 6.45) is 9.68. The van der Waals surface area contributed by atoms with Gasteiger partial charge in [0.1, 0.15) is 0 Å². The van der Waals surface area contributed by atoms with Crippen molar-refractivity contribution >= 4 is 55.6 Å². The summed E-state index contributed by atoms with van der Waals surface area (Å²) in [6.45, 7) is 12.0. The predicted molar refractivity (Wildman–Crippen MR) is 118 cm³/mol. The Morgan fingerprint density at radius 2 is 1.20 bits per heavy atom. The van der Waals surface area contributed by atoms with E-state index >= 15 is 0 Å². The fourth-order valence-corrected chi connectivity index (χ4v) is 46.0. The molecule has 0 heterocycles. The second-order valence-electron chi connectivity index (χ2n) is 7.01. The van der Waals surface area contributed by atoms with E-state index in [1.165, 1.54) is 60.2 Å². The minimum absolute atomic E-state index is 0.786. The molecule has 0 amide bonds. The molecule has 0 N–H and O–H groups in total. The first-order chi connectivity index (χ1) is 12.1. The number of thiocarbonyl (C=S) groups is 1. The van der Waals surface area contributed by atoms with Gasteiger partial charge in [-0.1, -0.05) is 0 Å². The van der Waals surface area contributed by atoms with Gasteiger partial charge >= 0.3 is 174 Å². The molecule has 0 bridgehead atoms. The molecular formula is C19H41NO2SSn2. The van der Waals surface area contributed by atoms with E-state index in [-0.39, 0.29) is 0 Å². The zero-order valence-electron chi connectivity index (χ0n) is 17.4. The maximum absolute atomic E-state index is 7.22. The number of rotatable bonds is 17. The standard InChI is InChI=1S/4C4H9.C2H5O.CNS.O.2Sn/c4*1-3-4-2;1-2-3;2-1-3;;;/h4*1,3-4H2,2H3;2H2,1H3;;;;/q;;;;2*-1;;2*+1. The average Bonchev–Trinajstić information content (AvgIpc) is 2.61. The van der Waals surface area contributed by atoms with E-state index in [0.717, 1.165) is 15.5 Å². The summed E-state index contributed by atoms with van der Waals surface area (Å²) >= 11 is -1.15. The minimum atomic E-state index is -3.13. The maximum atomic E-state index is 7.22. The van der Waals surface area contributed by atoms with Crippen LogP contribution in [-0.2, 0) is 4.49 Å². The number of isothiocyanates is 1. The molecule has 0 fully saturated rings. The normalized spacial score (nSPS) is 12.2. The van der Waals surface area contributed by atoms with Gasteiger partial charge in [0.25, 0.3) is 0 Å². The van der Waals surface area contributed by atoms with E-state index in [9.17, 15) is 0 Å². The first-order valence-corrected chi connectivity index (χ1v) is 23.8. The van der Waals surface area contributed by atoms with Crippen LogP contribution in [0.4, 0.5) is 0 Å². The molecule has 0 saturated carbocycles. The van der Waals surface area contributed by atoms with Gasteiger partial charge in [0.2, 0.25) is 0 Å². The van der Waals surface area contributed by atoms with Crippen LogP contribution in [0.2, 0.25) is 17.7 Å². The molecule has 25 heavy (non-hydrogen) atoms. The number of hydrogen-bond acceptors (Lipinski definition) is 4. The quantitative estimate of drug-likeness (QED) is 0.103. The van der Waals surface area contributed by atoms with Gasteiger partial charge < -0.3 is 0 Å². The molecule has 0 atom stereocenters. The summed E-state index contributed by atoms with van der Waals surface area (Å²) in [4.78, 5) is 0. The Morgan fingerprint density at radius 1 is 0.760 bits per heavy atom. The Hall–Kier alpha value is 1.32. The van der Waals surface area contributed by atoms with Gasteiger partial charge in [0.15, 0.2) is 0 Å². The van der Waals surface area contributed by atoms with Crippen molar-refractivity contribution in [2.75, 3.05) is 6.61 Å². The van der Waals surface area contributed by atoms with Crippen LogP contribution >= 0.6 is 12.2 Å². The molecule has 0 aliphatic heterocycles. The van der Waals surface area contributed by atoms with Crippen LogP contribution in [0.5, 0.6) is 0 Å². The molecule has 0 unspecified atom stereocenters. The van der Waals surface area contributed by atoms with Gasteiger partial charge in [-0.15, -0.1) is 0 Å². The van der Waals surface area contributed by atoms with Gasteiger partial charge in [-0.2, -0.15) is 0 Å². The summed E-state index contributed by atoms with van der Waals surface area (Å²) in [6, 6.07) is 0. The third kappa shape index (κ3) is 11.0. The second-order valence-corrected chi connectivity index (χ2v) is 29.5. The van der Waals surface area contributed by atoms with Crippen LogP contribution in [0.15, 0.2) is 3.21 Å². The molecule has 0 aromatic heterocycles. The summed E-state index contributed by atoms with van der Waals surface area (Å²) in [5.74, 6) is 0. The second kappa shape index (κ2) is 16.3. The van der Waals surface area contributed by atoms with Gasteiger partial charge in [0.05, 0.1) is 0 Å². The monoisotopic (exact) mass is 587 g/mol. The van der Waals surface area contributed by atoms with Crippen LogP contribution < -0.4 is 0 Å². The van der Waals surface area contributed by atoms with Crippen molar-refractivity contribution < 1.29 is 4.49 Å². The molecule has 0 aliphatic rings. The van der Waals surface area contributed by atoms with Crippen LogP contribution in [-0.4, -0.2) is 50.0 Å². The molecule has 0 aromatic rings. The van der Waals surface area contributed by atoms with E-state index in [1.54, 1.807) is 0 Å². The Kier molecular flexibility index (Phi) is 17.1. The molecule has 0 aliphatic carbocycles. The van der Waals surface area contributed by atoms with Gasteiger partial charge in [-0.05, 0) is 0 Å². The van der Waals surface area contributed by atoms with Crippen molar-refractivity contribution in [2.24, 2.45) is 3.21 Å². The Morgan fingerprint density at radius 3 is 1.56 bits per heavy atom. The van der Waals surface area contributed by atoms with E-state index in [2.05, 4.69) is 39.8 Å². The van der Waals surface area contributed by atoms with E-state index < -0.39 is 38.3 Å². The van der Waals surface area contributed by atoms with Crippen molar-refractivity contribution in [1.29, 1.82) is 0 Å². The first kappa shape index (κ1) is 26.3. The van der Waals surface area contributed by atoms with Crippen molar-refractivity contribution in [3.8, 4) is 0 Å². The van der Waals surface area contributed by atoms with Gasteiger partial charge in [-0.25, -0.2) is 0 Å². The third-order valence-electron chi connectivity index (χ3n) is 4.70. The van der Waals surface area contributed by atoms with E-state index in [0.29, 0.717) is 0 Å². The van der Waals surface area contributed by atoms with Crippen LogP contribution in [0.25, 0.3) is 0 Å². The zero-order chi connectivity index (χ0) is 19.0. The number of nitrogens with zero attached hydrogens (tertiary/aromatic N) is 1. The average molecular weight is 585 g/mol. The summed E-state index contributed by atoms with van der Waals surface area (Å²) in [5.41, 5.74) is 0. The fourth-order valence-electron chi connectivity index (χ4n) is 3.25. The van der Waals surface area contributed by atoms with Crippen molar-refractivity contribution in [2.45, 2.75) is 104 Å². The number of unbranched alkanes of at least 4 members (excludes halogenated alkanes) is 4. The number of hydrogen-bond donors (Lipinski definition) is 0.